The SMILES string of the molecule is Cc1nn(-c2ccc(C(N)=O)c(NCCCOCCOCCOCCOCCOCCCNC(=O)CN=N)c2)c2c1C(=O)CC(C)(C)C2. The Morgan fingerprint density at radius 1 is 0.917 bits per heavy atom. The molecule has 2 amide bonds. The van der Waals surface area contributed by atoms with Crippen LogP contribution >= 0.6 is 0 Å². The molecule has 15 nitrogen and oxygen atoms in total. The number of primary amides is 1. The molecule has 266 valence electrons. The summed E-state index contributed by atoms with van der Waals surface area (Å²) in [5.41, 5.74) is 16.2. The number of aromatic nitrogens is 2. The first-order valence-electron chi connectivity index (χ1n) is 16.4. The van der Waals surface area contributed by atoms with Crippen LogP contribution in [0.1, 0.15) is 65.2 Å². The highest BCUT2D eigenvalue weighted by molar-refractivity contribution is 6.00. The van der Waals surface area contributed by atoms with E-state index in [1.165, 1.54) is 0 Å². The molecule has 1 aromatic heterocycles. The number of rotatable bonds is 25. The van der Waals surface area contributed by atoms with Crippen molar-refractivity contribution in [2.75, 3.05) is 91.0 Å². The van der Waals surface area contributed by atoms with E-state index in [1.807, 2.05) is 17.7 Å². The minimum Gasteiger partial charge on any atom is -0.384 e. The number of carbonyl (C=O) groups excluding carboxylic acids is 3. The molecule has 15 heteroatoms. The third-order valence-corrected chi connectivity index (χ3v) is 7.51. The third kappa shape index (κ3) is 13.0. The second-order valence-corrected chi connectivity index (χ2v) is 12.2. The van der Waals surface area contributed by atoms with Crippen molar-refractivity contribution < 1.29 is 38.1 Å². The molecule has 0 saturated heterocycles. The summed E-state index contributed by atoms with van der Waals surface area (Å²) in [6.07, 6.45) is 2.62. The van der Waals surface area contributed by atoms with E-state index in [1.54, 1.807) is 12.1 Å². The van der Waals surface area contributed by atoms with Gasteiger partial charge in [-0.3, -0.25) is 14.4 Å². The summed E-state index contributed by atoms with van der Waals surface area (Å²) in [6, 6.07) is 5.35. The van der Waals surface area contributed by atoms with Crippen LogP contribution in [0.5, 0.6) is 0 Å². The zero-order valence-corrected chi connectivity index (χ0v) is 28.4. The molecular weight excluding hydrogens is 622 g/mol. The average molecular weight is 674 g/mol. The number of benzene rings is 1. The van der Waals surface area contributed by atoms with Crippen LogP contribution in [0, 0.1) is 17.9 Å². The van der Waals surface area contributed by atoms with Crippen molar-refractivity contribution >= 4 is 23.3 Å². The Hall–Kier alpha value is -3.76. The van der Waals surface area contributed by atoms with Crippen LogP contribution in [-0.2, 0) is 34.9 Å². The number of fused-ring (bicyclic) bond motifs is 1. The van der Waals surface area contributed by atoms with E-state index in [2.05, 4.69) is 34.7 Å². The average Bonchev–Trinajstić information content (AvgIpc) is 3.36. The van der Waals surface area contributed by atoms with E-state index >= 15 is 0 Å². The fourth-order valence-corrected chi connectivity index (χ4v) is 5.29. The van der Waals surface area contributed by atoms with Gasteiger partial charge in [0.15, 0.2) is 5.78 Å². The second kappa shape index (κ2) is 20.6. The molecule has 0 spiro atoms. The number of hydrogen-bond acceptors (Lipinski definition) is 12. The highest BCUT2D eigenvalue weighted by Crippen LogP contribution is 2.37. The molecule has 1 aromatic carbocycles. The van der Waals surface area contributed by atoms with E-state index < -0.39 is 5.91 Å². The molecular formula is C33H51N7O8. The maximum Gasteiger partial charge on any atom is 0.250 e. The molecule has 0 radical (unpaired) electrons. The number of nitrogens with two attached hydrogens (primary N) is 1. The van der Waals surface area contributed by atoms with Crippen molar-refractivity contribution in [2.45, 2.75) is 46.5 Å². The highest BCUT2D eigenvalue weighted by atomic mass is 16.6. The zero-order chi connectivity index (χ0) is 34.8. The van der Waals surface area contributed by atoms with Gasteiger partial charge in [0.1, 0.15) is 6.54 Å². The molecule has 0 unspecified atom stereocenters. The summed E-state index contributed by atoms with van der Waals surface area (Å²) >= 11 is 0. The molecule has 0 aliphatic heterocycles. The summed E-state index contributed by atoms with van der Waals surface area (Å²) < 4.78 is 29.4. The number of aryl methyl sites for hydroxylation is 1. The lowest BCUT2D eigenvalue weighted by atomic mass is 9.75. The molecule has 0 saturated carbocycles. The molecule has 1 aliphatic carbocycles. The molecule has 5 N–H and O–H groups in total. The van der Waals surface area contributed by atoms with Gasteiger partial charge in [-0.05, 0) is 49.8 Å². The first-order valence-corrected chi connectivity index (χ1v) is 16.4. The molecule has 48 heavy (non-hydrogen) atoms. The Kier molecular flexibility index (Phi) is 16.6. The standard InChI is InChI=1S/C33H51N7O8/c1-24-31-28(21-33(2,3)22-29(31)41)40(39-24)25-6-7-26(32(34)43)27(20-25)36-8-4-10-44-12-14-46-16-18-48-19-17-47-15-13-45-11-5-9-37-30(42)23-38-35/h6-7,20,35-36H,4-5,8-19,21-23H2,1-3H3,(H2,34,43)(H,37,42). The molecule has 0 bridgehead atoms. The molecule has 0 atom stereocenters. The van der Waals surface area contributed by atoms with E-state index in [0.29, 0.717) is 121 Å². The van der Waals surface area contributed by atoms with E-state index in [9.17, 15) is 14.4 Å². The number of anilines is 1. The summed E-state index contributed by atoms with van der Waals surface area (Å²) in [5, 5.41) is 13.7. The van der Waals surface area contributed by atoms with Gasteiger partial charge in [-0.2, -0.15) is 10.2 Å². The van der Waals surface area contributed by atoms with Crippen molar-refractivity contribution in [3.05, 3.63) is 40.7 Å². The van der Waals surface area contributed by atoms with Gasteiger partial charge in [-0.25, -0.2) is 10.2 Å². The van der Waals surface area contributed by atoms with Gasteiger partial charge in [0.2, 0.25) is 5.91 Å². The predicted octanol–water partition coefficient (Wildman–Crippen LogP) is 2.86. The lowest BCUT2D eigenvalue weighted by molar-refractivity contribution is -0.119. The first-order chi connectivity index (χ1) is 23.1. The highest BCUT2D eigenvalue weighted by Gasteiger charge is 2.35. The zero-order valence-electron chi connectivity index (χ0n) is 28.4. The number of carbonyl (C=O) groups is 3. The van der Waals surface area contributed by atoms with Crippen molar-refractivity contribution in [1.29, 1.82) is 5.53 Å². The number of amides is 2. The van der Waals surface area contributed by atoms with Gasteiger partial charge in [-0.15, -0.1) is 0 Å². The Morgan fingerprint density at radius 3 is 2.04 bits per heavy atom. The van der Waals surface area contributed by atoms with Crippen molar-refractivity contribution in [2.24, 2.45) is 16.3 Å². The number of nitrogens with one attached hydrogen (secondary N) is 3. The first kappa shape index (κ1) is 38.7. The van der Waals surface area contributed by atoms with Crippen LogP contribution in [-0.4, -0.2) is 113 Å². The van der Waals surface area contributed by atoms with Crippen molar-refractivity contribution in [3.8, 4) is 5.69 Å². The fraction of sp³-hybridized carbons (Fsp3) is 0.636. The van der Waals surface area contributed by atoms with E-state index in [0.717, 1.165) is 17.8 Å². The lowest BCUT2D eigenvalue weighted by Crippen LogP contribution is -2.28. The van der Waals surface area contributed by atoms with Crippen LogP contribution < -0.4 is 16.4 Å². The smallest absolute Gasteiger partial charge is 0.250 e. The number of Topliss-reactive ketones (excluding diaryl/α,β-unsaturated/α-hetero) is 1. The number of ketones is 1. The summed E-state index contributed by atoms with van der Waals surface area (Å²) in [5.74, 6) is -0.676. The number of nitrogens with zero attached hydrogens (tertiary/aromatic N) is 3. The van der Waals surface area contributed by atoms with Crippen LogP contribution in [0.15, 0.2) is 23.3 Å². The van der Waals surface area contributed by atoms with Gasteiger partial charge in [-0.1, -0.05) is 13.8 Å². The molecule has 0 fully saturated rings. The number of ether oxygens (including phenoxy) is 5. The topological polar surface area (TPSA) is 201 Å². The van der Waals surface area contributed by atoms with Gasteiger partial charge in [0.05, 0.1) is 81.1 Å². The van der Waals surface area contributed by atoms with Crippen LogP contribution in [0.2, 0.25) is 0 Å². The Balaban J connectivity index is 1.22. The van der Waals surface area contributed by atoms with Gasteiger partial charge in [0, 0.05) is 38.4 Å². The maximum absolute atomic E-state index is 12.8. The Morgan fingerprint density at radius 2 is 1.48 bits per heavy atom. The molecule has 1 heterocycles. The Labute approximate surface area is 282 Å². The van der Waals surface area contributed by atoms with Crippen molar-refractivity contribution in [1.82, 2.24) is 15.1 Å². The van der Waals surface area contributed by atoms with Gasteiger partial charge < -0.3 is 40.1 Å². The molecule has 3 rings (SSSR count). The van der Waals surface area contributed by atoms with Crippen LogP contribution in [0.4, 0.5) is 5.69 Å². The molecule has 2 aromatic rings. The minimum atomic E-state index is -0.527. The predicted molar refractivity (Wildman–Crippen MR) is 178 cm³/mol. The van der Waals surface area contributed by atoms with Crippen LogP contribution in [0.25, 0.3) is 5.69 Å². The normalized spacial score (nSPS) is 13.7. The monoisotopic (exact) mass is 673 g/mol. The van der Waals surface area contributed by atoms with E-state index in [-0.39, 0.29) is 23.7 Å². The summed E-state index contributed by atoms with van der Waals surface area (Å²) in [6.45, 7) is 11.7. The molecule has 1 aliphatic rings. The van der Waals surface area contributed by atoms with Gasteiger partial charge in [0.25, 0.3) is 5.91 Å². The third-order valence-electron chi connectivity index (χ3n) is 7.51. The van der Waals surface area contributed by atoms with Crippen molar-refractivity contribution in [3.63, 3.8) is 0 Å². The van der Waals surface area contributed by atoms with Crippen LogP contribution in [0.3, 0.4) is 0 Å². The lowest BCUT2D eigenvalue weighted by Gasteiger charge is -2.29. The summed E-state index contributed by atoms with van der Waals surface area (Å²) in [4.78, 5) is 36.1. The summed E-state index contributed by atoms with van der Waals surface area (Å²) in [7, 11) is 0. The minimum absolute atomic E-state index is 0.115. The maximum atomic E-state index is 12.8. The quantitative estimate of drug-likeness (QED) is 0.0897. The van der Waals surface area contributed by atoms with E-state index in [4.69, 9.17) is 34.9 Å². The largest absolute Gasteiger partial charge is 0.384 e. The Bertz CT molecular complexity index is 1350. The fourth-order valence-electron chi connectivity index (χ4n) is 5.29. The number of hydrogen-bond donors (Lipinski definition) is 4. The second-order valence-electron chi connectivity index (χ2n) is 12.2. The van der Waals surface area contributed by atoms with Gasteiger partial charge >= 0.3 is 0 Å².